The molecule has 0 amide bonds. The zero-order chi connectivity index (χ0) is 18.6. The first-order valence-electron chi connectivity index (χ1n) is 8.40. The van der Waals surface area contributed by atoms with Crippen molar-refractivity contribution >= 4 is 21.7 Å². The van der Waals surface area contributed by atoms with E-state index in [1.807, 2.05) is 18.7 Å². The number of benzene rings is 1. The van der Waals surface area contributed by atoms with Crippen molar-refractivity contribution in [1.82, 2.24) is 10.2 Å². The third-order valence-corrected chi connectivity index (χ3v) is 5.10. The van der Waals surface area contributed by atoms with E-state index in [1.54, 1.807) is 24.3 Å². The molecule has 3 rings (SSSR count). The van der Waals surface area contributed by atoms with Gasteiger partial charge in [0.25, 0.3) is 10.0 Å². The van der Waals surface area contributed by atoms with E-state index in [0.717, 1.165) is 13.1 Å². The molecule has 1 aromatic carbocycles. The fraction of sp³-hybridized carbons (Fsp3) is 0.412. The summed E-state index contributed by atoms with van der Waals surface area (Å²) < 4.78 is 38.2. The maximum atomic E-state index is 12.5. The predicted molar refractivity (Wildman–Crippen MR) is 98.1 cm³/mol. The van der Waals surface area contributed by atoms with Gasteiger partial charge in [0.05, 0.1) is 24.2 Å². The van der Waals surface area contributed by atoms with Crippen LogP contribution in [0.5, 0.6) is 5.75 Å². The molecule has 0 aliphatic carbocycles. The van der Waals surface area contributed by atoms with Gasteiger partial charge in [-0.3, -0.25) is 4.72 Å². The summed E-state index contributed by atoms with van der Waals surface area (Å²) in [6, 6.07) is 9.59. The monoisotopic (exact) mass is 378 g/mol. The summed E-state index contributed by atoms with van der Waals surface area (Å²) in [5.41, 5.74) is 0. The zero-order valence-electron chi connectivity index (χ0n) is 14.8. The molecule has 1 saturated heterocycles. The molecule has 1 fully saturated rings. The molecule has 1 N–H and O–H groups in total. The van der Waals surface area contributed by atoms with Crippen LogP contribution in [0.4, 0.5) is 11.6 Å². The van der Waals surface area contributed by atoms with Crippen LogP contribution < -0.4 is 14.4 Å². The van der Waals surface area contributed by atoms with Crippen LogP contribution in [0.25, 0.3) is 0 Å². The Balaban J connectivity index is 1.68. The Morgan fingerprint density at radius 3 is 2.35 bits per heavy atom. The lowest BCUT2D eigenvalue weighted by Crippen LogP contribution is -2.36. The van der Waals surface area contributed by atoms with Crippen molar-refractivity contribution in [3.05, 3.63) is 36.4 Å². The molecule has 0 unspecified atom stereocenters. The number of nitrogens with zero attached hydrogens (tertiary/aromatic N) is 3. The van der Waals surface area contributed by atoms with E-state index in [0.29, 0.717) is 24.8 Å². The van der Waals surface area contributed by atoms with Crippen molar-refractivity contribution in [2.45, 2.75) is 24.8 Å². The molecule has 1 aromatic heterocycles. The van der Waals surface area contributed by atoms with Gasteiger partial charge in [-0.2, -0.15) is 0 Å². The first-order chi connectivity index (χ1) is 12.4. The van der Waals surface area contributed by atoms with E-state index >= 15 is 0 Å². The van der Waals surface area contributed by atoms with Gasteiger partial charge in [-0.05, 0) is 50.2 Å². The second-order valence-electron chi connectivity index (χ2n) is 6.12. The summed E-state index contributed by atoms with van der Waals surface area (Å²) in [7, 11) is -3.74. The Morgan fingerprint density at radius 2 is 1.77 bits per heavy atom. The minimum Gasteiger partial charge on any atom is -0.491 e. The zero-order valence-corrected chi connectivity index (χ0v) is 15.6. The largest absolute Gasteiger partial charge is 0.491 e. The number of rotatable bonds is 6. The molecule has 0 bridgehead atoms. The number of aromatic nitrogens is 2. The number of sulfonamides is 1. The van der Waals surface area contributed by atoms with Crippen molar-refractivity contribution in [3.63, 3.8) is 0 Å². The lowest BCUT2D eigenvalue weighted by molar-refractivity contribution is 0.122. The van der Waals surface area contributed by atoms with Gasteiger partial charge in [-0.1, -0.05) is 0 Å². The van der Waals surface area contributed by atoms with Crippen molar-refractivity contribution in [2.24, 2.45) is 0 Å². The van der Waals surface area contributed by atoms with Gasteiger partial charge in [-0.25, -0.2) is 8.42 Å². The highest BCUT2D eigenvalue weighted by molar-refractivity contribution is 7.92. The van der Waals surface area contributed by atoms with E-state index in [-0.39, 0.29) is 16.8 Å². The fourth-order valence-corrected chi connectivity index (χ4v) is 3.50. The van der Waals surface area contributed by atoms with E-state index in [4.69, 9.17) is 9.47 Å². The third-order valence-electron chi connectivity index (χ3n) is 3.73. The molecule has 0 radical (unpaired) electrons. The Bertz CT molecular complexity index is 817. The van der Waals surface area contributed by atoms with E-state index in [1.165, 1.54) is 12.1 Å². The molecule has 1 aliphatic rings. The SMILES string of the molecule is CC(C)Oc1ccc(S(=O)(=O)Nc2ccc(N3CCOCC3)nn2)cc1. The van der Waals surface area contributed by atoms with Gasteiger partial charge in [-0.15, -0.1) is 10.2 Å². The molecular weight excluding hydrogens is 356 g/mol. The third kappa shape index (κ3) is 4.61. The van der Waals surface area contributed by atoms with Crippen molar-refractivity contribution < 1.29 is 17.9 Å². The normalized spacial score (nSPS) is 15.1. The van der Waals surface area contributed by atoms with Gasteiger partial charge in [0.2, 0.25) is 0 Å². The molecule has 0 atom stereocenters. The Kier molecular flexibility index (Phi) is 5.58. The minimum absolute atomic E-state index is 0.0239. The van der Waals surface area contributed by atoms with Crippen LogP contribution in [0.1, 0.15) is 13.8 Å². The lowest BCUT2D eigenvalue weighted by atomic mass is 10.3. The molecule has 1 aliphatic heterocycles. The topological polar surface area (TPSA) is 93.7 Å². The summed E-state index contributed by atoms with van der Waals surface area (Å²) in [6.45, 7) is 6.59. The average Bonchev–Trinajstić information content (AvgIpc) is 2.63. The van der Waals surface area contributed by atoms with Crippen molar-refractivity contribution in [2.75, 3.05) is 35.9 Å². The van der Waals surface area contributed by atoms with Gasteiger partial charge in [0.1, 0.15) is 5.75 Å². The van der Waals surface area contributed by atoms with Crippen LogP contribution in [-0.4, -0.2) is 51.0 Å². The highest BCUT2D eigenvalue weighted by atomic mass is 32.2. The number of morpholine rings is 1. The van der Waals surface area contributed by atoms with Crippen LogP contribution in [0.2, 0.25) is 0 Å². The molecule has 2 aromatic rings. The summed E-state index contributed by atoms with van der Waals surface area (Å²) in [5, 5.41) is 8.07. The molecular formula is C17H22N4O4S. The number of hydrogen-bond acceptors (Lipinski definition) is 7. The summed E-state index contributed by atoms with van der Waals surface area (Å²) in [5.74, 6) is 1.49. The van der Waals surface area contributed by atoms with Gasteiger partial charge >= 0.3 is 0 Å². The number of nitrogens with one attached hydrogen (secondary N) is 1. The summed E-state index contributed by atoms with van der Waals surface area (Å²) >= 11 is 0. The van der Waals surface area contributed by atoms with E-state index in [9.17, 15) is 8.42 Å². The second-order valence-corrected chi connectivity index (χ2v) is 7.80. The molecule has 0 saturated carbocycles. The smallest absolute Gasteiger partial charge is 0.263 e. The highest BCUT2D eigenvalue weighted by Gasteiger charge is 2.17. The molecule has 2 heterocycles. The predicted octanol–water partition coefficient (Wildman–Crippen LogP) is 1.90. The fourth-order valence-electron chi connectivity index (χ4n) is 2.51. The summed E-state index contributed by atoms with van der Waals surface area (Å²) in [4.78, 5) is 2.18. The van der Waals surface area contributed by atoms with Gasteiger partial charge in [0.15, 0.2) is 11.6 Å². The quantitative estimate of drug-likeness (QED) is 0.820. The average molecular weight is 378 g/mol. The van der Waals surface area contributed by atoms with Crippen LogP contribution in [-0.2, 0) is 14.8 Å². The minimum atomic E-state index is -3.74. The Morgan fingerprint density at radius 1 is 1.08 bits per heavy atom. The van der Waals surface area contributed by atoms with Gasteiger partial charge < -0.3 is 14.4 Å². The maximum absolute atomic E-state index is 12.5. The highest BCUT2D eigenvalue weighted by Crippen LogP contribution is 2.20. The first-order valence-corrected chi connectivity index (χ1v) is 9.88. The van der Waals surface area contributed by atoms with E-state index < -0.39 is 10.0 Å². The van der Waals surface area contributed by atoms with Crippen molar-refractivity contribution in [3.8, 4) is 5.75 Å². The number of ether oxygens (including phenoxy) is 2. The number of hydrogen-bond donors (Lipinski definition) is 1. The maximum Gasteiger partial charge on any atom is 0.263 e. The molecule has 8 nitrogen and oxygen atoms in total. The van der Waals surface area contributed by atoms with Gasteiger partial charge in [0, 0.05) is 13.1 Å². The second kappa shape index (κ2) is 7.88. The molecule has 0 spiro atoms. The number of anilines is 2. The summed E-state index contributed by atoms with van der Waals surface area (Å²) in [6.07, 6.45) is 0.0239. The van der Waals surface area contributed by atoms with Crippen LogP contribution in [0.15, 0.2) is 41.3 Å². The van der Waals surface area contributed by atoms with Crippen LogP contribution in [0.3, 0.4) is 0 Å². The lowest BCUT2D eigenvalue weighted by Gasteiger charge is -2.27. The first kappa shape index (κ1) is 18.4. The molecule has 9 heteroatoms. The molecule has 26 heavy (non-hydrogen) atoms. The van der Waals surface area contributed by atoms with Crippen molar-refractivity contribution in [1.29, 1.82) is 0 Å². The van der Waals surface area contributed by atoms with E-state index in [2.05, 4.69) is 14.9 Å². The Hall–Kier alpha value is -2.39. The standard InChI is InChI=1S/C17H22N4O4S/c1-13(2)25-14-3-5-15(6-4-14)26(22,23)20-16-7-8-17(19-18-16)21-9-11-24-12-10-21/h3-8,13H,9-12H2,1-2H3,(H,18,20). The van der Waals surface area contributed by atoms with Crippen LogP contribution >= 0.6 is 0 Å². The molecule has 140 valence electrons. The van der Waals surface area contributed by atoms with Crippen LogP contribution in [0, 0.1) is 0 Å². The Labute approximate surface area is 153 Å².